The summed E-state index contributed by atoms with van der Waals surface area (Å²) in [5.74, 6) is -1.28. The summed E-state index contributed by atoms with van der Waals surface area (Å²) in [6, 6.07) is -0.323. The quantitative estimate of drug-likeness (QED) is 0.861. The second-order valence-corrected chi connectivity index (χ2v) is 6.25. The van der Waals surface area contributed by atoms with Crippen molar-refractivity contribution < 1.29 is 14.7 Å². The number of aromatic carboxylic acids is 1. The second-order valence-electron chi connectivity index (χ2n) is 6.25. The van der Waals surface area contributed by atoms with E-state index in [0.717, 1.165) is 12.8 Å². The fraction of sp³-hybridized carbons (Fsp3) is 0.692. The molecule has 1 unspecified atom stereocenters. The molecule has 2 rings (SSSR count). The summed E-state index contributed by atoms with van der Waals surface area (Å²) in [6.07, 6.45) is 2.00. The van der Waals surface area contributed by atoms with Crippen molar-refractivity contribution in [2.75, 3.05) is 0 Å². The number of carboxylic acid groups (broad SMARTS) is 1. The molecule has 1 aromatic heterocycles. The van der Waals surface area contributed by atoms with Gasteiger partial charge in [-0.25, -0.2) is 9.48 Å². The van der Waals surface area contributed by atoms with Crippen LogP contribution < -0.4 is 5.32 Å². The first-order valence-electron chi connectivity index (χ1n) is 6.71. The van der Waals surface area contributed by atoms with Gasteiger partial charge < -0.3 is 10.4 Å². The third-order valence-electron chi connectivity index (χ3n) is 3.28. The van der Waals surface area contributed by atoms with Crippen molar-refractivity contribution in [3.05, 3.63) is 11.4 Å². The van der Waals surface area contributed by atoms with Crippen LogP contribution in [-0.4, -0.2) is 38.0 Å². The van der Waals surface area contributed by atoms with Gasteiger partial charge >= 0.3 is 5.97 Å². The van der Waals surface area contributed by atoms with Crippen LogP contribution in [0.1, 0.15) is 62.8 Å². The maximum atomic E-state index is 12.1. The monoisotopic (exact) mass is 280 g/mol. The molecule has 7 heteroatoms. The lowest BCUT2D eigenvalue weighted by Gasteiger charge is -2.23. The van der Waals surface area contributed by atoms with Crippen LogP contribution in [0.2, 0.25) is 0 Å². The van der Waals surface area contributed by atoms with E-state index in [4.69, 9.17) is 0 Å². The Morgan fingerprint density at radius 3 is 2.45 bits per heavy atom. The highest BCUT2D eigenvalue weighted by molar-refractivity contribution is 5.87. The topological polar surface area (TPSA) is 97.1 Å². The lowest BCUT2D eigenvalue weighted by Crippen LogP contribution is -2.35. The number of hydrogen-bond donors (Lipinski definition) is 2. The lowest BCUT2D eigenvalue weighted by molar-refractivity contribution is -0.124. The highest BCUT2D eigenvalue weighted by atomic mass is 16.4. The molecule has 0 saturated heterocycles. The van der Waals surface area contributed by atoms with E-state index < -0.39 is 17.4 Å². The SMILES string of the molecule is CC(C(=O)NC1CC1)n1nnc(C(=O)O)c1C(C)(C)C. The molecule has 0 spiro atoms. The van der Waals surface area contributed by atoms with Crippen molar-refractivity contribution >= 4 is 11.9 Å². The first-order valence-corrected chi connectivity index (χ1v) is 6.71. The molecule has 1 aromatic rings. The highest BCUT2D eigenvalue weighted by Gasteiger charge is 2.33. The molecule has 0 radical (unpaired) electrons. The molecule has 2 N–H and O–H groups in total. The van der Waals surface area contributed by atoms with Gasteiger partial charge in [0, 0.05) is 11.5 Å². The zero-order valence-corrected chi connectivity index (χ0v) is 12.2. The Bertz CT molecular complexity index is 540. The number of rotatable bonds is 4. The van der Waals surface area contributed by atoms with Crippen molar-refractivity contribution in [2.24, 2.45) is 0 Å². The van der Waals surface area contributed by atoms with E-state index in [1.54, 1.807) is 6.92 Å². The van der Waals surface area contributed by atoms with Gasteiger partial charge in [0.15, 0.2) is 5.69 Å². The van der Waals surface area contributed by atoms with E-state index in [9.17, 15) is 14.7 Å². The van der Waals surface area contributed by atoms with Crippen molar-refractivity contribution in [1.82, 2.24) is 20.3 Å². The Kier molecular flexibility index (Phi) is 3.54. The minimum absolute atomic E-state index is 0.0939. The Labute approximate surface area is 117 Å². The standard InChI is InChI=1S/C13H20N4O3/c1-7(11(18)14-8-5-6-8)17-10(13(2,3)4)9(12(19)20)15-16-17/h7-8H,5-6H2,1-4H3,(H,14,18)(H,19,20). The van der Waals surface area contributed by atoms with Crippen molar-refractivity contribution in [3.8, 4) is 0 Å². The molecular formula is C13H20N4O3. The van der Waals surface area contributed by atoms with E-state index in [-0.39, 0.29) is 17.6 Å². The molecule has 1 atom stereocenters. The summed E-state index contributed by atoms with van der Waals surface area (Å²) in [6.45, 7) is 7.33. The fourth-order valence-electron chi connectivity index (χ4n) is 2.07. The van der Waals surface area contributed by atoms with Crippen LogP contribution in [0.25, 0.3) is 0 Å². The zero-order valence-electron chi connectivity index (χ0n) is 12.2. The van der Waals surface area contributed by atoms with Crippen LogP contribution in [-0.2, 0) is 10.2 Å². The first kappa shape index (κ1) is 14.5. The molecule has 1 amide bonds. The van der Waals surface area contributed by atoms with Crippen LogP contribution in [0.3, 0.4) is 0 Å². The summed E-state index contributed by atoms with van der Waals surface area (Å²) >= 11 is 0. The summed E-state index contributed by atoms with van der Waals surface area (Å²) in [5, 5.41) is 19.7. The average Bonchev–Trinajstić information content (AvgIpc) is 3.01. The predicted molar refractivity (Wildman–Crippen MR) is 71.6 cm³/mol. The van der Waals surface area contributed by atoms with E-state index in [1.165, 1.54) is 4.68 Å². The average molecular weight is 280 g/mol. The third kappa shape index (κ3) is 2.81. The van der Waals surface area contributed by atoms with Crippen molar-refractivity contribution in [2.45, 2.75) is 58.0 Å². The maximum absolute atomic E-state index is 12.1. The Morgan fingerprint density at radius 2 is 2.00 bits per heavy atom. The van der Waals surface area contributed by atoms with Crippen LogP contribution in [0, 0.1) is 0 Å². The largest absolute Gasteiger partial charge is 0.476 e. The summed E-state index contributed by atoms with van der Waals surface area (Å²) in [5.41, 5.74) is -0.0993. The van der Waals surface area contributed by atoms with Gasteiger partial charge in [-0.3, -0.25) is 4.79 Å². The van der Waals surface area contributed by atoms with Gasteiger partial charge in [-0.15, -0.1) is 5.10 Å². The molecule has 110 valence electrons. The Balaban J connectivity index is 2.35. The third-order valence-corrected chi connectivity index (χ3v) is 3.28. The molecule has 7 nitrogen and oxygen atoms in total. The van der Waals surface area contributed by atoms with Gasteiger partial charge in [0.25, 0.3) is 0 Å². The van der Waals surface area contributed by atoms with Gasteiger partial charge in [0.1, 0.15) is 6.04 Å². The zero-order chi connectivity index (χ0) is 15.1. The second kappa shape index (κ2) is 4.88. The van der Waals surface area contributed by atoms with Gasteiger partial charge in [-0.2, -0.15) is 0 Å². The predicted octanol–water partition coefficient (Wildman–Crippen LogP) is 1.11. The normalized spacial score (nSPS) is 16.8. The number of carboxylic acids is 1. The van der Waals surface area contributed by atoms with Gasteiger partial charge in [0.2, 0.25) is 5.91 Å². The van der Waals surface area contributed by atoms with E-state index in [0.29, 0.717) is 5.69 Å². The molecule has 20 heavy (non-hydrogen) atoms. The molecule has 0 bridgehead atoms. The number of carbonyl (C=O) groups is 2. The van der Waals surface area contributed by atoms with E-state index in [1.807, 2.05) is 20.8 Å². The number of carbonyl (C=O) groups excluding carboxylic acids is 1. The van der Waals surface area contributed by atoms with E-state index >= 15 is 0 Å². The number of nitrogens with one attached hydrogen (secondary N) is 1. The summed E-state index contributed by atoms with van der Waals surface area (Å²) in [7, 11) is 0. The number of hydrogen-bond acceptors (Lipinski definition) is 4. The highest BCUT2D eigenvalue weighted by Crippen LogP contribution is 2.27. The fourth-order valence-corrected chi connectivity index (χ4v) is 2.07. The molecule has 1 aliphatic rings. The lowest BCUT2D eigenvalue weighted by atomic mass is 9.90. The molecule has 1 saturated carbocycles. The molecule has 1 heterocycles. The molecular weight excluding hydrogens is 260 g/mol. The number of aromatic nitrogens is 3. The number of amides is 1. The molecule has 0 aromatic carbocycles. The van der Waals surface area contributed by atoms with Crippen LogP contribution in [0.15, 0.2) is 0 Å². The van der Waals surface area contributed by atoms with Crippen molar-refractivity contribution in [1.29, 1.82) is 0 Å². The minimum Gasteiger partial charge on any atom is -0.476 e. The minimum atomic E-state index is -1.13. The Morgan fingerprint density at radius 1 is 1.40 bits per heavy atom. The maximum Gasteiger partial charge on any atom is 0.358 e. The van der Waals surface area contributed by atoms with Gasteiger partial charge in [0.05, 0.1) is 5.69 Å². The molecule has 1 fully saturated rings. The summed E-state index contributed by atoms with van der Waals surface area (Å²) in [4.78, 5) is 23.4. The van der Waals surface area contributed by atoms with Gasteiger partial charge in [-0.05, 0) is 19.8 Å². The van der Waals surface area contributed by atoms with Crippen LogP contribution >= 0.6 is 0 Å². The smallest absolute Gasteiger partial charge is 0.358 e. The van der Waals surface area contributed by atoms with E-state index in [2.05, 4.69) is 15.6 Å². The molecule has 1 aliphatic carbocycles. The summed E-state index contributed by atoms with van der Waals surface area (Å²) < 4.78 is 1.42. The van der Waals surface area contributed by atoms with Crippen LogP contribution in [0.5, 0.6) is 0 Å². The van der Waals surface area contributed by atoms with Crippen LogP contribution in [0.4, 0.5) is 0 Å². The van der Waals surface area contributed by atoms with Crippen molar-refractivity contribution in [3.63, 3.8) is 0 Å². The number of nitrogens with zero attached hydrogens (tertiary/aromatic N) is 3. The molecule has 0 aliphatic heterocycles. The Hall–Kier alpha value is -1.92. The first-order chi connectivity index (χ1) is 9.21. The van der Waals surface area contributed by atoms with Gasteiger partial charge in [-0.1, -0.05) is 26.0 Å².